The zero-order chi connectivity index (χ0) is 11.4. The van der Waals surface area contributed by atoms with Gasteiger partial charge in [0.05, 0.1) is 0 Å². The number of hydrogen-bond donors (Lipinski definition) is 2. The Morgan fingerprint density at radius 2 is 1.86 bits per heavy atom. The lowest BCUT2D eigenvalue weighted by atomic mass is 9.76. The molecule has 0 saturated carbocycles. The van der Waals surface area contributed by atoms with Crippen molar-refractivity contribution < 1.29 is 0 Å². The lowest BCUT2D eigenvalue weighted by Crippen LogP contribution is -2.26. The van der Waals surface area contributed by atoms with Crippen molar-refractivity contribution >= 4 is 0 Å². The molecule has 2 nitrogen and oxygen atoms in total. The maximum atomic E-state index is 6.12. The van der Waals surface area contributed by atoms with Gasteiger partial charge in [-0.1, -0.05) is 27.7 Å². The first-order chi connectivity index (χ1) is 6.34. The summed E-state index contributed by atoms with van der Waals surface area (Å²) in [6.07, 6.45) is 4.46. The molecule has 1 unspecified atom stereocenters. The summed E-state index contributed by atoms with van der Waals surface area (Å²) in [6, 6.07) is 0. The molecule has 1 atom stereocenters. The number of allylic oxidation sites excluding steroid dienone is 3. The van der Waals surface area contributed by atoms with Crippen LogP contribution in [-0.2, 0) is 0 Å². The first-order valence-corrected chi connectivity index (χ1v) is 5.19. The Balaban J connectivity index is 4.96. The van der Waals surface area contributed by atoms with Crippen molar-refractivity contribution in [1.29, 1.82) is 0 Å². The van der Waals surface area contributed by atoms with Crippen molar-refractivity contribution in [2.45, 2.75) is 41.0 Å². The summed E-state index contributed by atoms with van der Waals surface area (Å²) in [5.41, 5.74) is 13.7. The summed E-state index contributed by atoms with van der Waals surface area (Å²) in [5.74, 6) is 0.415. The van der Waals surface area contributed by atoms with Crippen molar-refractivity contribution in [1.82, 2.24) is 0 Å². The highest BCUT2D eigenvalue weighted by atomic mass is 14.6. The smallest absolute Gasteiger partial charge is 0.0147 e. The zero-order valence-corrected chi connectivity index (χ0v) is 10.1. The average Bonchev–Trinajstić information content (AvgIpc) is 2.03. The first kappa shape index (κ1) is 13.1. The molecule has 0 heterocycles. The summed E-state index contributed by atoms with van der Waals surface area (Å²) >= 11 is 0. The van der Waals surface area contributed by atoms with Gasteiger partial charge in [0.2, 0.25) is 0 Å². The third-order valence-electron chi connectivity index (χ3n) is 2.63. The monoisotopic (exact) mass is 196 g/mol. The van der Waals surface area contributed by atoms with Crippen LogP contribution >= 0.6 is 0 Å². The number of rotatable bonds is 3. The summed E-state index contributed by atoms with van der Waals surface area (Å²) < 4.78 is 0. The molecular formula is C12H24N2. The zero-order valence-electron chi connectivity index (χ0n) is 10.1. The van der Waals surface area contributed by atoms with Crippen LogP contribution in [0.5, 0.6) is 0 Å². The van der Waals surface area contributed by atoms with Crippen molar-refractivity contribution in [3.63, 3.8) is 0 Å². The second kappa shape index (κ2) is 5.08. The van der Waals surface area contributed by atoms with Crippen LogP contribution in [0.15, 0.2) is 23.5 Å². The van der Waals surface area contributed by atoms with Crippen molar-refractivity contribution in [3.05, 3.63) is 23.5 Å². The summed E-state index contributed by atoms with van der Waals surface area (Å²) in [5, 5.41) is 0. The van der Waals surface area contributed by atoms with Crippen LogP contribution in [0.1, 0.15) is 41.0 Å². The quantitative estimate of drug-likeness (QED) is 0.682. The van der Waals surface area contributed by atoms with Crippen LogP contribution in [0.2, 0.25) is 0 Å². The summed E-state index contributed by atoms with van der Waals surface area (Å²) in [6.45, 7) is 10.8. The number of hydrogen-bond acceptors (Lipinski definition) is 2. The average molecular weight is 196 g/mol. The van der Waals surface area contributed by atoms with Crippen molar-refractivity contribution in [2.75, 3.05) is 0 Å². The van der Waals surface area contributed by atoms with Gasteiger partial charge in [-0.15, -0.1) is 0 Å². The molecule has 0 bridgehead atoms. The van der Waals surface area contributed by atoms with E-state index in [2.05, 4.69) is 27.7 Å². The van der Waals surface area contributed by atoms with E-state index in [1.807, 2.05) is 13.0 Å². The molecule has 0 spiro atoms. The molecule has 0 radical (unpaired) electrons. The largest absolute Gasteiger partial charge is 0.405 e. The molecular weight excluding hydrogens is 172 g/mol. The molecule has 0 aromatic carbocycles. The van der Waals surface area contributed by atoms with Gasteiger partial charge in [-0.05, 0) is 36.6 Å². The van der Waals surface area contributed by atoms with Crippen LogP contribution in [0.3, 0.4) is 0 Å². The van der Waals surface area contributed by atoms with Gasteiger partial charge in [-0.3, -0.25) is 0 Å². The molecule has 0 saturated heterocycles. The third-order valence-corrected chi connectivity index (χ3v) is 2.63. The van der Waals surface area contributed by atoms with Gasteiger partial charge < -0.3 is 11.5 Å². The molecule has 0 aromatic rings. The molecule has 0 amide bonds. The van der Waals surface area contributed by atoms with Gasteiger partial charge in [0.15, 0.2) is 0 Å². The second-order valence-electron chi connectivity index (χ2n) is 4.82. The minimum atomic E-state index is 0.211. The fraction of sp³-hybridized carbons (Fsp3) is 0.667. The molecule has 0 aliphatic rings. The van der Waals surface area contributed by atoms with Gasteiger partial charge in [0.25, 0.3) is 0 Å². The lowest BCUT2D eigenvalue weighted by molar-refractivity contribution is 0.269. The fourth-order valence-electron chi connectivity index (χ4n) is 1.81. The van der Waals surface area contributed by atoms with E-state index >= 15 is 0 Å². The molecule has 4 N–H and O–H groups in total. The van der Waals surface area contributed by atoms with Crippen LogP contribution < -0.4 is 11.5 Å². The summed E-state index contributed by atoms with van der Waals surface area (Å²) in [7, 11) is 0. The van der Waals surface area contributed by atoms with Gasteiger partial charge in [-0.25, -0.2) is 0 Å². The van der Waals surface area contributed by atoms with Crippen LogP contribution in [0.25, 0.3) is 0 Å². The highest BCUT2D eigenvalue weighted by Gasteiger charge is 2.25. The molecule has 0 aromatic heterocycles. The fourth-order valence-corrected chi connectivity index (χ4v) is 1.81. The van der Waals surface area contributed by atoms with E-state index in [-0.39, 0.29) is 5.41 Å². The first-order valence-electron chi connectivity index (χ1n) is 5.19. The lowest BCUT2D eigenvalue weighted by Gasteiger charge is -2.31. The predicted octanol–water partition coefficient (Wildman–Crippen LogP) is 2.76. The molecule has 2 heteroatoms. The van der Waals surface area contributed by atoms with Crippen molar-refractivity contribution in [3.8, 4) is 0 Å². The maximum absolute atomic E-state index is 6.12. The normalized spacial score (nSPS) is 16.9. The van der Waals surface area contributed by atoms with E-state index in [4.69, 9.17) is 11.5 Å². The van der Waals surface area contributed by atoms with Gasteiger partial charge in [0.1, 0.15) is 0 Å². The summed E-state index contributed by atoms with van der Waals surface area (Å²) in [4.78, 5) is 0. The Morgan fingerprint density at radius 1 is 1.36 bits per heavy atom. The Kier molecular flexibility index (Phi) is 4.75. The Hall–Kier alpha value is -0.920. The maximum Gasteiger partial charge on any atom is 0.0147 e. The third kappa shape index (κ3) is 3.44. The van der Waals surface area contributed by atoms with E-state index < -0.39 is 0 Å². The standard InChI is InChI=1S/C12H24N2/c1-6-10(12(3,4)5)11(14)9(2)7-8-13/h7-8,10H,6,13-14H2,1-5H3/b8-7-,11-9+. The highest BCUT2D eigenvalue weighted by Crippen LogP contribution is 2.33. The topological polar surface area (TPSA) is 52.0 Å². The van der Waals surface area contributed by atoms with Gasteiger partial charge >= 0.3 is 0 Å². The molecule has 14 heavy (non-hydrogen) atoms. The number of nitrogens with two attached hydrogens (primary N) is 2. The van der Waals surface area contributed by atoms with Gasteiger partial charge in [0, 0.05) is 11.6 Å². The predicted molar refractivity (Wildman–Crippen MR) is 63.5 cm³/mol. The minimum Gasteiger partial charge on any atom is -0.405 e. The van der Waals surface area contributed by atoms with E-state index in [0.29, 0.717) is 5.92 Å². The van der Waals surface area contributed by atoms with Gasteiger partial charge in [-0.2, -0.15) is 0 Å². The Labute approximate surface area is 88.1 Å². The van der Waals surface area contributed by atoms with E-state index in [1.165, 1.54) is 6.20 Å². The van der Waals surface area contributed by atoms with E-state index in [1.54, 1.807) is 0 Å². The van der Waals surface area contributed by atoms with Crippen LogP contribution in [-0.4, -0.2) is 0 Å². The molecule has 82 valence electrons. The Morgan fingerprint density at radius 3 is 2.14 bits per heavy atom. The molecule has 0 rings (SSSR count). The van der Waals surface area contributed by atoms with Crippen LogP contribution in [0.4, 0.5) is 0 Å². The molecule has 0 fully saturated rings. The SMILES string of the molecule is CCC(/C(N)=C(C)\C=C/N)C(C)(C)C. The second-order valence-corrected chi connectivity index (χ2v) is 4.82. The minimum absolute atomic E-state index is 0.211. The van der Waals surface area contributed by atoms with Crippen LogP contribution in [0, 0.1) is 11.3 Å². The van der Waals surface area contributed by atoms with E-state index in [0.717, 1.165) is 17.7 Å². The molecule has 0 aliphatic heterocycles. The van der Waals surface area contributed by atoms with E-state index in [9.17, 15) is 0 Å². The van der Waals surface area contributed by atoms with Crippen molar-refractivity contribution in [2.24, 2.45) is 22.8 Å². The molecule has 0 aliphatic carbocycles. The Bertz CT molecular complexity index is 231. The highest BCUT2D eigenvalue weighted by molar-refractivity contribution is 5.23.